The van der Waals surface area contributed by atoms with Crippen LogP contribution < -0.4 is 9.64 Å². The first-order valence-electron chi connectivity index (χ1n) is 9.00. The second-order valence-electron chi connectivity index (χ2n) is 6.43. The van der Waals surface area contributed by atoms with Gasteiger partial charge in [0.2, 0.25) is 5.88 Å². The maximum atomic E-state index is 6.21. The molecule has 0 radical (unpaired) electrons. The van der Waals surface area contributed by atoms with Crippen molar-refractivity contribution in [1.29, 1.82) is 0 Å². The number of morpholine rings is 1. The fraction of sp³-hybridized carbons (Fsp3) is 0.667. The summed E-state index contributed by atoms with van der Waals surface area (Å²) >= 11 is 0. The Labute approximate surface area is 144 Å². The van der Waals surface area contributed by atoms with E-state index >= 15 is 0 Å². The highest BCUT2D eigenvalue weighted by molar-refractivity contribution is 5.41. The van der Waals surface area contributed by atoms with Gasteiger partial charge < -0.3 is 14.4 Å². The number of anilines is 1. The Kier molecular flexibility index (Phi) is 6.43. The molecular formula is C18H28N4O2. The van der Waals surface area contributed by atoms with Crippen LogP contribution in [0.1, 0.15) is 25.7 Å². The molecule has 2 aliphatic rings. The minimum atomic E-state index is 0.147. The van der Waals surface area contributed by atoms with Crippen molar-refractivity contribution in [3.05, 3.63) is 25.0 Å². The summed E-state index contributed by atoms with van der Waals surface area (Å²) in [7, 11) is 0. The SMILES string of the molecule is C=CCCC(CN1CCCC1)Oc1cc(N2CCOCC2)ncn1. The Morgan fingerprint density at radius 3 is 2.75 bits per heavy atom. The lowest BCUT2D eigenvalue weighted by molar-refractivity contribution is 0.122. The van der Waals surface area contributed by atoms with Crippen molar-refractivity contribution < 1.29 is 9.47 Å². The number of likely N-dealkylation sites (tertiary alicyclic amines) is 1. The van der Waals surface area contributed by atoms with E-state index in [1.807, 2.05) is 12.1 Å². The first kappa shape index (κ1) is 17.2. The summed E-state index contributed by atoms with van der Waals surface area (Å²) in [6.45, 7) is 10.4. The van der Waals surface area contributed by atoms with E-state index in [2.05, 4.69) is 26.3 Å². The van der Waals surface area contributed by atoms with Crippen molar-refractivity contribution in [3.8, 4) is 5.88 Å². The molecule has 0 saturated carbocycles. The van der Waals surface area contributed by atoms with E-state index in [4.69, 9.17) is 9.47 Å². The summed E-state index contributed by atoms with van der Waals surface area (Å²) in [5.74, 6) is 1.59. The first-order chi connectivity index (χ1) is 11.8. The van der Waals surface area contributed by atoms with Gasteiger partial charge in [0, 0.05) is 25.7 Å². The third kappa shape index (κ3) is 4.92. The summed E-state index contributed by atoms with van der Waals surface area (Å²) < 4.78 is 11.6. The molecule has 1 aromatic heterocycles. The average molecular weight is 332 g/mol. The maximum absolute atomic E-state index is 6.21. The highest BCUT2D eigenvalue weighted by atomic mass is 16.5. The maximum Gasteiger partial charge on any atom is 0.218 e. The molecule has 6 nitrogen and oxygen atoms in total. The van der Waals surface area contributed by atoms with Gasteiger partial charge in [-0.05, 0) is 38.8 Å². The van der Waals surface area contributed by atoms with E-state index in [-0.39, 0.29) is 6.10 Å². The first-order valence-corrected chi connectivity index (χ1v) is 9.00. The highest BCUT2D eigenvalue weighted by Gasteiger charge is 2.20. The molecule has 2 fully saturated rings. The van der Waals surface area contributed by atoms with Crippen molar-refractivity contribution in [3.63, 3.8) is 0 Å². The van der Waals surface area contributed by atoms with Gasteiger partial charge in [-0.3, -0.25) is 4.90 Å². The van der Waals surface area contributed by atoms with Gasteiger partial charge in [-0.15, -0.1) is 6.58 Å². The predicted molar refractivity (Wildman–Crippen MR) is 94.6 cm³/mol. The predicted octanol–water partition coefficient (Wildman–Crippen LogP) is 2.12. The van der Waals surface area contributed by atoms with Gasteiger partial charge in [0.25, 0.3) is 0 Å². The number of aromatic nitrogens is 2. The lowest BCUT2D eigenvalue weighted by atomic mass is 10.2. The third-order valence-electron chi connectivity index (χ3n) is 4.60. The Morgan fingerprint density at radius 1 is 1.21 bits per heavy atom. The summed E-state index contributed by atoms with van der Waals surface area (Å²) in [4.78, 5) is 13.4. The molecule has 2 aliphatic heterocycles. The number of hydrogen-bond acceptors (Lipinski definition) is 6. The van der Waals surface area contributed by atoms with Crippen LogP contribution in [0.5, 0.6) is 5.88 Å². The van der Waals surface area contributed by atoms with Crippen LogP contribution in [0.25, 0.3) is 0 Å². The van der Waals surface area contributed by atoms with Crippen LogP contribution in [0, 0.1) is 0 Å². The molecular weight excluding hydrogens is 304 g/mol. The summed E-state index contributed by atoms with van der Waals surface area (Å²) in [5, 5.41) is 0. The van der Waals surface area contributed by atoms with E-state index in [0.29, 0.717) is 5.88 Å². The van der Waals surface area contributed by atoms with E-state index in [9.17, 15) is 0 Å². The number of hydrogen-bond donors (Lipinski definition) is 0. The van der Waals surface area contributed by atoms with Crippen molar-refractivity contribution in [1.82, 2.24) is 14.9 Å². The van der Waals surface area contributed by atoms with E-state index in [1.54, 1.807) is 6.33 Å². The molecule has 6 heteroatoms. The van der Waals surface area contributed by atoms with Gasteiger partial charge in [0.05, 0.1) is 13.2 Å². The van der Waals surface area contributed by atoms with Gasteiger partial charge in [0.1, 0.15) is 18.2 Å². The number of nitrogens with zero attached hydrogens (tertiary/aromatic N) is 4. The fourth-order valence-electron chi connectivity index (χ4n) is 3.27. The normalized spacial score (nSPS) is 20.1. The molecule has 1 aromatic rings. The lowest BCUT2D eigenvalue weighted by Gasteiger charge is -2.28. The van der Waals surface area contributed by atoms with Crippen molar-refractivity contribution in [2.45, 2.75) is 31.8 Å². The monoisotopic (exact) mass is 332 g/mol. The molecule has 24 heavy (non-hydrogen) atoms. The molecule has 3 rings (SSSR count). The minimum Gasteiger partial charge on any atom is -0.473 e. The van der Waals surface area contributed by atoms with Gasteiger partial charge in [-0.1, -0.05) is 6.08 Å². The Balaban J connectivity index is 1.62. The van der Waals surface area contributed by atoms with Crippen LogP contribution >= 0.6 is 0 Å². The van der Waals surface area contributed by atoms with E-state index in [0.717, 1.165) is 51.5 Å². The van der Waals surface area contributed by atoms with Crippen molar-refractivity contribution in [2.75, 3.05) is 50.8 Å². The second kappa shape index (κ2) is 8.99. The Bertz CT molecular complexity index is 513. The van der Waals surface area contributed by atoms with Crippen molar-refractivity contribution >= 4 is 5.82 Å². The minimum absolute atomic E-state index is 0.147. The smallest absolute Gasteiger partial charge is 0.218 e. The van der Waals surface area contributed by atoms with Crippen LogP contribution in [0.2, 0.25) is 0 Å². The third-order valence-corrected chi connectivity index (χ3v) is 4.60. The highest BCUT2D eigenvalue weighted by Crippen LogP contribution is 2.20. The molecule has 1 unspecified atom stereocenters. The standard InChI is InChI=1S/C18H28N4O2/c1-2-3-6-16(14-21-7-4-5-8-21)24-18-13-17(19-15-20-18)22-9-11-23-12-10-22/h2,13,15-16H,1,3-12,14H2. The fourth-order valence-corrected chi connectivity index (χ4v) is 3.27. The van der Waals surface area contributed by atoms with Gasteiger partial charge in [0.15, 0.2) is 0 Å². The van der Waals surface area contributed by atoms with Crippen LogP contribution in [0.3, 0.4) is 0 Å². The molecule has 0 amide bonds. The topological polar surface area (TPSA) is 50.7 Å². The van der Waals surface area contributed by atoms with E-state index < -0.39 is 0 Å². The molecule has 3 heterocycles. The van der Waals surface area contributed by atoms with Crippen LogP contribution in [-0.2, 0) is 4.74 Å². The molecule has 132 valence electrons. The van der Waals surface area contributed by atoms with Crippen molar-refractivity contribution in [2.24, 2.45) is 0 Å². The molecule has 0 aromatic carbocycles. The zero-order valence-electron chi connectivity index (χ0n) is 14.4. The molecule has 0 bridgehead atoms. The van der Waals surface area contributed by atoms with Crippen LogP contribution in [0.4, 0.5) is 5.82 Å². The number of ether oxygens (including phenoxy) is 2. The largest absolute Gasteiger partial charge is 0.473 e. The summed E-state index contributed by atoms with van der Waals surface area (Å²) in [5.41, 5.74) is 0. The Hall–Kier alpha value is -1.66. The molecule has 1 atom stereocenters. The van der Waals surface area contributed by atoms with E-state index in [1.165, 1.54) is 25.9 Å². The van der Waals surface area contributed by atoms with Crippen LogP contribution in [0.15, 0.2) is 25.0 Å². The van der Waals surface area contributed by atoms with Gasteiger partial charge in [-0.2, -0.15) is 0 Å². The van der Waals surface area contributed by atoms with Gasteiger partial charge >= 0.3 is 0 Å². The zero-order valence-corrected chi connectivity index (χ0v) is 14.4. The summed E-state index contributed by atoms with van der Waals surface area (Å²) in [6.07, 6.45) is 8.22. The van der Waals surface area contributed by atoms with Gasteiger partial charge in [-0.25, -0.2) is 9.97 Å². The molecule has 0 spiro atoms. The number of rotatable bonds is 8. The second-order valence-corrected chi connectivity index (χ2v) is 6.43. The molecule has 2 saturated heterocycles. The molecule has 0 aliphatic carbocycles. The van der Waals surface area contributed by atoms with Crippen LogP contribution in [-0.4, -0.2) is 66.9 Å². The lowest BCUT2D eigenvalue weighted by Crippen LogP contribution is -2.37. The quantitative estimate of drug-likeness (QED) is 0.680. The average Bonchev–Trinajstić information content (AvgIpc) is 3.14. The Morgan fingerprint density at radius 2 is 2.00 bits per heavy atom. The number of allylic oxidation sites excluding steroid dienone is 1. The summed E-state index contributed by atoms with van der Waals surface area (Å²) in [6, 6.07) is 1.95. The molecule has 0 N–H and O–H groups in total. The zero-order chi connectivity index (χ0) is 16.6.